The van der Waals surface area contributed by atoms with Crippen molar-refractivity contribution in [2.75, 3.05) is 0 Å². The minimum Gasteiger partial charge on any atom is -0.103 e. The molecule has 52 valence electrons. The van der Waals surface area contributed by atoms with Crippen molar-refractivity contribution in [1.29, 1.82) is 0 Å². The Hall–Kier alpha value is 0.0600. The van der Waals surface area contributed by atoms with Crippen molar-refractivity contribution in [3.8, 4) is 0 Å². The Balaban J connectivity index is 3.49. The van der Waals surface area contributed by atoms with Crippen LogP contribution in [0.3, 0.4) is 0 Å². The molecule has 0 N–H and O–H groups in total. The second-order valence-electron chi connectivity index (χ2n) is 1.94. The Morgan fingerprint density at radius 3 is 2.56 bits per heavy atom. The van der Waals surface area contributed by atoms with Crippen molar-refractivity contribution >= 4 is 23.2 Å². The smallest absolute Gasteiger partial charge is 0.102 e. The van der Waals surface area contributed by atoms with Crippen molar-refractivity contribution in [3.05, 3.63) is 23.2 Å². The second kappa shape index (κ2) is 4.89. The highest BCUT2D eigenvalue weighted by atomic mass is 35.5. The quantitative estimate of drug-likeness (QED) is 0.561. The lowest BCUT2D eigenvalue weighted by molar-refractivity contribution is 0.746. The molecule has 0 saturated carbocycles. The Kier molecular flexibility index (Phi) is 4.93. The number of hydrogen-bond donors (Lipinski definition) is 0. The Morgan fingerprint density at radius 1 is 1.67 bits per heavy atom. The van der Waals surface area contributed by atoms with Gasteiger partial charge in [0.2, 0.25) is 0 Å². The first-order chi connectivity index (χ1) is 4.16. The van der Waals surface area contributed by atoms with Gasteiger partial charge < -0.3 is 0 Å². The Morgan fingerprint density at radius 2 is 2.22 bits per heavy atom. The van der Waals surface area contributed by atoms with E-state index < -0.39 is 0 Å². The van der Waals surface area contributed by atoms with Crippen LogP contribution < -0.4 is 0 Å². The Labute approximate surface area is 66.2 Å². The lowest BCUT2D eigenvalue weighted by Crippen LogP contribution is -1.83. The summed E-state index contributed by atoms with van der Waals surface area (Å²) in [5.74, 6) is 0.456. The van der Waals surface area contributed by atoms with Crippen molar-refractivity contribution in [1.82, 2.24) is 0 Å². The molecule has 0 nitrogen and oxygen atoms in total. The van der Waals surface area contributed by atoms with E-state index in [1.165, 1.54) is 0 Å². The lowest BCUT2D eigenvalue weighted by atomic mass is 10.1. The first kappa shape index (κ1) is 9.06. The maximum Gasteiger partial charge on any atom is 0.102 e. The maximum absolute atomic E-state index is 5.37. The average molecular weight is 165 g/mol. The van der Waals surface area contributed by atoms with Crippen LogP contribution in [0.1, 0.15) is 13.3 Å². The standard InChI is InChI=1S/C7H10Cl2/c1-3-6(2)4-5-7(8)9/h3,5-6H,1,4H2,2H3. The Bertz CT molecular complexity index is 112. The molecule has 0 aromatic carbocycles. The van der Waals surface area contributed by atoms with E-state index in [4.69, 9.17) is 23.2 Å². The average Bonchev–Trinajstić information content (AvgIpc) is 1.83. The first-order valence-corrected chi connectivity index (χ1v) is 3.56. The highest BCUT2D eigenvalue weighted by Crippen LogP contribution is 2.11. The molecule has 0 aliphatic carbocycles. The van der Waals surface area contributed by atoms with Gasteiger partial charge in [-0.2, -0.15) is 0 Å². The van der Waals surface area contributed by atoms with Gasteiger partial charge in [0, 0.05) is 0 Å². The van der Waals surface area contributed by atoms with E-state index >= 15 is 0 Å². The third kappa shape index (κ3) is 5.94. The molecule has 1 atom stereocenters. The van der Waals surface area contributed by atoms with Crippen molar-refractivity contribution in [3.63, 3.8) is 0 Å². The summed E-state index contributed by atoms with van der Waals surface area (Å²) in [6, 6.07) is 0. The van der Waals surface area contributed by atoms with E-state index in [0.29, 0.717) is 10.4 Å². The van der Waals surface area contributed by atoms with Gasteiger partial charge in [0.25, 0.3) is 0 Å². The minimum atomic E-state index is 0.337. The van der Waals surface area contributed by atoms with Crippen LogP contribution >= 0.6 is 23.2 Å². The summed E-state index contributed by atoms with van der Waals surface area (Å²) >= 11 is 10.7. The van der Waals surface area contributed by atoms with Gasteiger partial charge in [-0.25, -0.2) is 0 Å². The number of hydrogen-bond acceptors (Lipinski definition) is 0. The predicted molar refractivity (Wildman–Crippen MR) is 43.8 cm³/mol. The maximum atomic E-state index is 5.37. The molecule has 0 spiro atoms. The van der Waals surface area contributed by atoms with Crippen LogP contribution in [0.15, 0.2) is 23.2 Å². The fraction of sp³-hybridized carbons (Fsp3) is 0.429. The normalized spacial score (nSPS) is 12.3. The third-order valence-electron chi connectivity index (χ3n) is 1.05. The SMILES string of the molecule is C=CC(C)CC=C(Cl)Cl. The van der Waals surface area contributed by atoms with Gasteiger partial charge in [-0.1, -0.05) is 42.3 Å². The van der Waals surface area contributed by atoms with Crippen molar-refractivity contribution in [2.45, 2.75) is 13.3 Å². The molecule has 0 fully saturated rings. The fourth-order valence-corrected chi connectivity index (χ4v) is 0.549. The zero-order valence-electron chi connectivity index (χ0n) is 5.40. The molecule has 0 radical (unpaired) electrons. The van der Waals surface area contributed by atoms with Gasteiger partial charge in [0.05, 0.1) is 0 Å². The van der Waals surface area contributed by atoms with E-state index in [-0.39, 0.29) is 0 Å². The van der Waals surface area contributed by atoms with Crippen LogP contribution in [0.4, 0.5) is 0 Å². The highest BCUT2D eigenvalue weighted by Gasteiger charge is 1.91. The monoisotopic (exact) mass is 164 g/mol. The van der Waals surface area contributed by atoms with E-state index in [1.54, 1.807) is 6.08 Å². The molecule has 1 unspecified atom stereocenters. The molecule has 2 heteroatoms. The van der Waals surface area contributed by atoms with E-state index in [1.807, 2.05) is 6.08 Å². The van der Waals surface area contributed by atoms with Crippen LogP contribution in [0.25, 0.3) is 0 Å². The summed E-state index contributed by atoms with van der Waals surface area (Å²) in [6.07, 6.45) is 4.51. The summed E-state index contributed by atoms with van der Waals surface area (Å²) in [7, 11) is 0. The van der Waals surface area contributed by atoms with E-state index in [9.17, 15) is 0 Å². The van der Waals surface area contributed by atoms with Gasteiger partial charge >= 0.3 is 0 Å². The number of rotatable bonds is 3. The molecule has 0 aliphatic rings. The van der Waals surface area contributed by atoms with Gasteiger partial charge in [-0.15, -0.1) is 6.58 Å². The van der Waals surface area contributed by atoms with Crippen LogP contribution in [-0.4, -0.2) is 0 Å². The molecule has 0 aromatic heterocycles. The molecule has 0 amide bonds. The number of allylic oxidation sites excluding steroid dienone is 2. The van der Waals surface area contributed by atoms with Crippen molar-refractivity contribution in [2.24, 2.45) is 5.92 Å². The van der Waals surface area contributed by atoms with Gasteiger partial charge in [0.15, 0.2) is 0 Å². The molecule has 0 bridgehead atoms. The van der Waals surface area contributed by atoms with Crippen LogP contribution in [0.5, 0.6) is 0 Å². The summed E-state index contributed by atoms with van der Waals surface area (Å²) < 4.78 is 0.337. The molecular weight excluding hydrogens is 155 g/mol. The molecule has 9 heavy (non-hydrogen) atoms. The van der Waals surface area contributed by atoms with E-state index in [0.717, 1.165) is 6.42 Å². The van der Waals surface area contributed by atoms with Gasteiger partial charge in [-0.3, -0.25) is 0 Å². The predicted octanol–water partition coefficient (Wildman–Crippen LogP) is 3.52. The molecule has 0 aliphatic heterocycles. The van der Waals surface area contributed by atoms with Crippen LogP contribution in [-0.2, 0) is 0 Å². The minimum absolute atomic E-state index is 0.337. The molecule has 0 heterocycles. The van der Waals surface area contributed by atoms with Crippen molar-refractivity contribution < 1.29 is 0 Å². The molecular formula is C7H10Cl2. The largest absolute Gasteiger partial charge is 0.103 e. The topological polar surface area (TPSA) is 0 Å². The van der Waals surface area contributed by atoms with Crippen LogP contribution in [0.2, 0.25) is 0 Å². The van der Waals surface area contributed by atoms with Crippen LogP contribution in [0, 0.1) is 5.92 Å². The molecule has 0 aromatic rings. The summed E-state index contributed by atoms with van der Waals surface area (Å²) in [5, 5.41) is 0. The van der Waals surface area contributed by atoms with Gasteiger partial charge in [0.1, 0.15) is 4.49 Å². The molecule has 0 saturated heterocycles. The summed E-state index contributed by atoms with van der Waals surface area (Å²) in [6.45, 7) is 5.68. The van der Waals surface area contributed by atoms with E-state index in [2.05, 4.69) is 13.5 Å². The van der Waals surface area contributed by atoms with Gasteiger partial charge in [-0.05, 0) is 12.3 Å². The first-order valence-electron chi connectivity index (χ1n) is 2.80. The zero-order valence-corrected chi connectivity index (χ0v) is 6.91. The highest BCUT2D eigenvalue weighted by molar-refractivity contribution is 6.55. The summed E-state index contributed by atoms with van der Waals surface area (Å²) in [4.78, 5) is 0. The third-order valence-corrected chi connectivity index (χ3v) is 1.35. The lowest BCUT2D eigenvalue weighted by Gasteiger charge is -1.97. The molecule has 0 rings (SSSR count). The summed E-state index contributed by atoms with van der Waals surface area (Å²) in [5.41, 5.74) is 0. The fourth-order valence-electron chi connectivity index (χ4n) is 0.371. The number of halogens is 2. The zero-order chi connectivity index (χ0) is 7.28. The second-order valence-corrected chi connectivity index (χ2v) is 2.95.